The molecule has 0 saturated heterocycles. The molecule has 0 unspecified atom stereocenters. The topological polar surface area (TPSA) is 41.9 Å². The van der Waals surface area contributed by atoms with Crippen LogP contribution >= 0.6 is 0 Å². The van der Waals surface area contributed by atoms with E-state index in [1.165, 1.54) is 22.2 Å². The molecule has 4 heteroatoms. The van der Waals surface area contributed by atoms with Crippen LogP contribution in [0.15, 0.2) is 30.6 Å². The molecular formula is C18H20N4. The number of nitrogens with zero attached hydrogens (tertiary/aromatic N) is 4. The smallest absolute Gasteiger partial charge is 0.125 e. The molecular weight excluding hydrogens is 272 g/mol. The highest BCUT2D eigenvalue weighted by Gasteiger charge is 2.09. The molecule has 0 atom stereocenters. The second kappa shape index (κ2) is 5.37. The number of hydrogen-bond donors (Lipinski definition) is 0. The van der Waals surface area contributed by atoms with Crippen LogP contribution in [0.1, 0.15) is 17.0 Å². The molecule has 0 amide bonds. The highest BCUT2D eigenvalue weighted by molar-refractivity contribution is 5.89. The van der Waals surface area contributed by atoms with Crippen LogP contribution < -0.4 is 4.90 Å². The Bertz CT molecular complexity index is 836. The van der Waals surface area contributed by atoms with Gasteiger partial charge in [-0.25, -0.2) is 15.0 Å². The van der Waals surface area contributed by atoms with E-state index in [0.29, 0.717) is 0 Å². The highest BCUT2D eigenvalue weighted by Crippen LogP contribution is 2.29. The monoisotopic (exact) mass is 292 g/mol. The number of hydrogen-bond acceptors (Lipinski definition) is 4. The SMILES string of the molecule is Cc1ncc(-c2cc(C)c3cc(C)c(N(C)C)cc3n2)cn1. The van der Waals surface area contributed by atoms with Crippen LogP contribution in [0.2, 0.25) is 0 Å². The van der Waals surface area contributed by atoms with Crippen LogP contribution in [0.4, 0.5) is 5.69 Å². The summed E-state index contributed by atoms with van der Waals surface area (Å²) >= 11 is 0. The predicted molar refractivity (Wildman–Crippen MR) is 91.3 cm³/mol. The van der Waals surface area contributed by atoms with Gasteiger partial charge in [-0.3, -0.25) is 0 Å². The minimum atomic E-state index is 0.770. The van der Waals surface area contributed by atoms with Crippen molar-refractivity contribution in [3.05, 3.63) is 47.5 Å². The molecule has 0 aliphatic rings. The van der Waals surface area contributed by atoms with Gasteiger partial charge in [0.05, 0.1) is 11.2 Å². The lowest BCUT2D eigenvalue weighted by Crippen LogP contribution is -2.10. The number of fused-ring (bicyclic) bond motifs is 1. The first-order valence-electron chi connectivity index (χ1n) is 7.34. The summed E-state index contributed by atoms with van der Waals surface area (Å²) in [6, 6.07) is 6.46. The number of benzene rings is 1. The Morgan fingerprint density at radius 2 is 1.55 bits per heavy atom. The molecule has 0 aliphatic carbocycles. The van der Waals surface area contributed by atoms with Crippen LogP contribution in [0, 0.1) is 20.8 Å². The highest BCUT2D eigenvalue weighted by atomic mass is 15.1. The molecule has 22 heavy (non-hydrogen) atoms. The van der Waals surface area contributed by atoms with Crippen molar-refractivity contribution >= 4 is 16.6 Å². The van der Waals surface area contributed by atoms with Crippen LogP contribution in [0.5, 0.6) is 0 Å². The van der Waals surface area contributed by atoms with Gasteiger partial charge in [0.2, 0.25) is 0 Å². The molecule has 2 heterocycles. The van der Waals surface area contributed by atoms with Gasteiger partial charge < -0.3 is 4.90 Å². The fourth-order valence-electron chi connectivity index (χ4n) is 2.69. The Morgan fingerprint density at radius 1 is 0.864 bits per heavy atom. The van der Waals surface area contributed by atoms with E-state index in [9.17, 15) is 0 Å². The van der Waals surface area contributed by atoms with Crippen molar-refractivity contribution in [2.45, 2.75) is 20.8 Å². The van der Waals surface area contributed by atoms with E-state index in [1.54, 1.807) is 0 Å². The lowest BCUT2D eigenvalue weighted by Gasteiger charge is -2.17. The van der Waals surface area contributed by atoms with Crippen molar-refractivity contribution in [3.8, 4) is 11.3 Å². The molecule has 0 spiro atoms. The standard InChI is InChI=1S/C18H20N4/c1-11-7-16(14-9-19-13(3)20-10-14)21-17-8-18(22(4)5)12(2)6-15(11)17/h6-10H,1-5H3. The van der Waals surface area contributed by atoms with E-state index < -0.39 is 0 Å². The zero-order valence-electron chi connectivity index (χ0n) is 13.7. The summed E-state index contributed by atoms with van der Waals surface area (Å²) in [6.07, 6.45) is 3.66. The summed E-state index contributed by atoms with van der Waals surface area (Å²) in [5.41, 5.74) is 6.53. The van der Waals surface area contributed by atoms with E-state index in [-0.39, 0.29) is 0 Å². The van der Waals surface area contributed by atoms with Crippen molar-refractivity contribution in [1.82, 2.24) is 15.0 Å². The van der Waals surface area contributed by atoms with Gasteiger partial charge in [-0.2, -0.15) is 0 Å². The molecule has 0 bridgehead atoms. The third kappa shape index (κ3) is 2.52. The molecule has 0 aliphatic heterocycles. The number of pyridine rings is 1. The largest absolute Gasteiger partial charge is 0.377 e. The van der Waals surface area contributed by atoms with Crippen LogP contribution in [0.25, 0.3) is 22.2 Å². The minimum absolute atomic E-state index is 0.770. The minimum Gasteiger partial charge on any atom is -0.377 e. The Kier molecular flexibility index (Phi) is 3.53. The first-order chi connectivity index (χ1) is 10.5. The fourth-order valence-corrected chi connectivity index (χ4v) is 2.69. The summed E-state index contributed by atoms with van der Waals surface area (Å²) in [5.74, 6) is 0.770. The zero-order chi connectivity index (χ0) is 15.9. The van der Waals surface area contributed by atoms with Crippen LogP contribution in [-0.2, 0) is 0 Å². The summed E-state index contributed by atoms with van der Waals surface area (Å²) in [6.45, 7) is 6.14. The lowest BCUT2D eigenvalue weighted by atomic mass is 10.0. The fraction of sp³-hybridized carbons (Fsp3) is 0.278. The molecule has 0 N–H and O–H groups in total. The maximum Gasteiger partial charge on any atom is 0.125 e. The average Bonchev–Trinajstić information content (AvgIpc) is 2.48. The molecule has 1 aromatic carbocycles. The molecule has 0 saturated carbocycles. The van der Waals surface area contributed by atoms with Gasteiger partial charge in [-0.1, -0.05) is 0 Å². The number of anilines is 1. The predicted octanol–water partition coefficient (Wildman–Crippen LogP) is 3.68. The molecule has 3 aromatic rings. The number of rotatable bonds is 2. The maximum atomic E-state index is 4.81. The van der Waals surface area contributed by atoms with Gasteiger partial charge in [0.15, 0.2) is 0 Å². The third-order valence-corrected chi connectivity index (χ3v) is 3.89. The van der Waals surface area contributed by atoms with E-state index in [4.69, 9.17) is 4.98 Å². The lowest BCUT2D eigenvalue weighted by molar-refractivity contribution is 1.05. The second-order valence-corrected chi connectivity index (χ2v) is 5.89. The summed E-state index contributed by atoms with van der Waals surface area (Å²) in [5, 5.41) is 1.19. The summed E-state index contributed by atoms with van der Waals surface area (Å²) in [4.78, 5) is 15.5. The number of aromatic nitrogens is 3. The molecule has 112 valence electrons. The molecule has 2 aromatic heterocycles. The molecule has 0 fully saturated rings. The normalized spacial score (nSPS) is 11.0. The maximum absolute atomic E-state index is 4.81. The summed E-state index contributed by atoms with van der Waals surface area (Å²) < 4.78 is 0. The first kappa shape index (κ1) is 14.4. The van der Waals surface area contributed by atoms with Crippen molar-refractivity contribution in [3.63, 3.8) is 0 Å². The zero-order valence-corrected chi connectivity index (χ0v) is 13.7. The van der Waals surface area contributed by atoms with Gasteiger partial charge in [0, 0.05) is 43.1 Å². The van der Waals surface area contributed by atoms with Crippen molar-refractivity contribution in [1.29, 1.82) is 0 Å². The summed E-state index contributed by atoms with van der Waals surface area (Å²) in [7, 11) is 4.11. The Hall–Kier alpha value is -2.49. The Labute approximate surface area is 130 Å². The molecule has 0 radical (unpaired) electrons. The average molecular weight is 292 g/mol. The van der Waals surface area contributed by atoms with E-state index in [2.05, 4.69) is 61.0 Å². The van der Waals surface area contributed by atoms with Gasteiger partial charge in [-0.05, 0) is 50.1 Å². The van der Waals surface area contributed by atoms with E-state index in [0.717, 1.165) is 22.6 Å². The van der Waals surface area contributed by atoms with Crippen LogP contribution in [0.3, 0.4) is 0 Å². The van der Waals surface area contributed by atoms with Crippen molar-refractivity contribution in [2.24, 2.45) is 0 Å². The van der Waals surface area contributed by atoms with Gasteiger partial charge in [0.25, 0.3) is 0 Å². The van der Waals surface area contributed by atoms with Crippen LogP contribution in [-0.4, -0.2) is 29.0 Å². The third-order valence-electron chi connectivity index (χ3n) is 3.89. The van der Waals surface area contributed by atoms with Gasteiger partial charge >= 0.3 is 0 Å². The second-order valence-electron chi connectivity index (χ2n) is 5.89. The quantitative estimate of drug-likeness (QED) is 0.722. The Morgan fingerprint density at radius 3 is 2.18 bits per heavy atom. The molecule has 3 rings (SSSR count). The van der Waals surface area contributed by atoms with Gasteiger partial charge in [-0.15, -0.1) is 0 Å². The van der Waals surface area contributed by atoms with E-state index in [1.807, 2.05) is 19.3 Å². The van der Waals surface area contributed by atoms with Crippen molar-refractivity contribution < 1.29 is 0 Å². The van der Waals surface area contributed by atoms with Crippen molar-refractivity contribution in [2.75, 3.05) is 19.0 Å². The first-order valence-corrected chi connectivity index (χ1v) is 7.34. The Balaban J connectivity index is 2.22. The van der Waals surface area contributed by atoms with E-state index >= 15 is 0 Å². The van der Waals surface area contributed by atoms with Gasteiger partial charge in [0.1, 0.15) is 5.82 Å². The molecule has 4 nitrogen and oxygen atoms in total. The number of aryl methyl sites for hydroxylation is 3.